The van der Waals surface area contributed by atoms with E-state index in [1.54, 1.807) is 18.2 Å². The molecule has 0 aliphatic carbocycles. The lowest BCUT2D eigenvalue weighted by atomic mass is 10.1. The molecule has 0 saturated carbocycles. The molecule has 0 aliphatic rings. The fourth-order valence-electron chi connectivity index (χ4n) is 1.15. The molecule has 0 aromatic heterocycles. The summed E-state index contributed by atoms with van der Waals surface area (Å²) in [7, 11) is 3.75. The minimum absolute atomic E-state index is 0.00772. The van der Waals surface area contributed by atoms with Gasteiger partial charge in [0, 0.05) is 26.3 Å². The maximum Gasteiger partial charge on any atom is 0.262 e. The highest BCUT2D eigenvalue weighted by atomic mass is 16.3. The van der Waals surface area contributed by atoms with E-state index in [2.05, 4.69) is 11.9 Å². The van der Waals surface area contributed by atoms with Crippen LogP contribution in [0.2, 0.25) is 0 Å². The number of nitriles is 1. The SMILES string of the molecule is C=C(\C=C/C(=C\C)/C=C(\C#N)C(=O)NCCO)N(C)C. The van der Waals surface area contributed by atoms with E-state index >= 15 is 0 Å². The Balaban J connectivity index is 4.99. The minimum Gasteiger partial charge on any atom is -0.395 e. The first-order chi connectivity index (χ1) is 9.46. The number of nitrogens with one attached hydrogen (secondary N) is 1. The molecule has 0 fully saturated rings. The molecule has 0 atom stereocenters. The maximum atomic E-state index is 11.6. The number of aliphatic hydroxyl groups excluding tert-OH is 1. The lowest BCUT2D eigenvalue weighted by Crippen LogP contribution is -2.27. The molecule has 0 rings (SSSR count). The highest BCUT2D eigenvalue weighted by Gasteiger charge is 2.07. The van der Waals surface area contributed by atoms with Crippen LogP contribution in [0.3, 0.4) is 0 Å². The zero-order valence-corrected chi connectivity index (χ0v) is 12.2. The Kier molecular flexibility index (Phi) is 8.48. The van der Waals surface area contributed by atoms with Gasteiger partial charge in [-0.15, -0.1) is 0 Å². The Labute approximate surface area is 120 Å². The third-order valence-electron chi connectivity index (χ3n) is 2.45. The molecule has 0 aromatic rings. The van der Waals surface area contributed by atoms with E-state index in [0.29, 0.717) is 0 Å². The molecule has 0 spiro atoms. The molecule has 1 amide bonds. The van der Waals surface area contributed by atoms with Crippen LogP contribution in [0, 0.1) is 11.3 Å². The van der Waals surface area contributed by atoms with E-state index in [-0.39, 0.29) is 18.7 Å². The van der Waals surface area contributed by atoms with Gasteiger partial charge in [0.2, 0.25) is 0 Å². The quantitative estimate of drug-likeness (QED) is 0.415. The number of nitrogens with zero attached hydrogens (tertiary/aromatic N) is 2. The van der Waals surface area contributed by atoms with Crippen molar-refractivity contribution in [3.8, 4) is 6.07 Å². The summed E-state index contributed by atoms with van der Waals surface area (Å²) in [6.07, 6.45) is 6.85. The normalized spacial score (nSPS) is 12.2. The molecule has 0 aromatic carbocycles. The van der Waals surface area contributed by atoms with E-state index in [1.165, 1.54) is 6.08 Å². The molecule has 0 saturated heterocycles. The molecule has 5 nitrogen and oxygen atoms in total. The predicted molar refractivity (Wildman–Crippen MR) is 79.5 cm³/mol. The lowest BCUT2D eigenvalue weighted by Gasteiger charge is -2.11. The van der Waals surface area contributed by atoms with Gasteiger partial charge >= 0.3 is 0 Å². The first-order valence-corrected chi connectivity index (χ1v) is 6.17. The van der Waals surface area contributed by atoms with Crippen LogP contribution in [-0.2, 0) is 4.79 Å². The summed E-state index contributed by atoms with van der Waals surface area (Å²) in [6, 6.07) is 1.85. The van der Waals surface area contributed by atoms with Crippen LogP contribution >= 0.6 is 0 Å². The van der Waals surface area contributed by atoms with Crippen molar-refractivity contribution in [2.45, 2.75) is 6.92 Å². The van der Waals surface area contributed by atoms with Gasteiger partial charge in [0.1, 0.15) is 11.6 Å². The predicted octanol–water partition coefficient (Wildman–Crippen LogP) is 1.12. The summed E-state index contributed by atoms with van der Waals surface area (Å²) in [5.74, 6) is -0.499. The third kappa shape index (κ3) is 6.57. The van der Waals surface area contributed by atoms with Crippen molar-refractivity contribution >= 4 is 5.91 Å². The third-order valence-corrected chi connectivity index (χ3v) is 2.45. The lowest BCUT2D eigenvalue weighted by molar-refractivity contribution is -0.117. The first-order valence-electron chi connectivity index (χ1n) is 6.17. The van der Waals surface area contributed by atoms with Crippen molar-refractivity contribution in [2.24, 2.45) is 0 Å². The van der Waals surface area contributed by atoms with Crippen LogP contribution in [0.5, 0.6) is 0 Å². The highest BCUT2D eigenvalue weighted by molar-refractivity contribution is 5.97. The maximum absolute atomic E-state index is 11.6. The van der Waals surface area contributed by atoms with Crippen molar-refractivity contribution in [1.29, 1.82) is 5.26 Å². The monoisotopic (exact) mass is 275 g/mol. The number of carbonyl (C=O) groups excluding carboxylic acids is 1. The van der Waals surface area contributed by atoms with Gasteiger partial charge in [-0.1, -0.05) is 18.7 Å². The average molecular weight is 275 g/mol. The molecule has 0 bridgehead atoms. The van der Waals surface area contributed by atoms with E-state index in [1.807, 2.05) is 32.0 Å². The molecule has 0 radical (unpaired) electrons. The van der Waals surface area contributed by atoms with Gasteiger partial charge in [0.15, 0.2) is 0 Å². The summed E-state index contributed by atoms with van der Waals surface area (Å²) in [5.41, 5.74) is 1.52. The van der Waals surface area contributed by atoms with Gasteiger partial charge in [0.25, 0.3) is 5.91 Å². The number of hydrogen-bond donors (Lipinski definition) is 2. The number of rotatable bonds is 7. The molecule has 0 aliphatic heterocycles. The summed E-state index contributed by atoms with van der Waals surface area (Å²) in [4.78, 5) is 13.5. The number of carbonyl (C=O) groups is 1. The summed E-state index contributed by atoms with van der Waals surface area (Å²) in [6.45, 7) is 5.63. The summed E-state index contributed by atoms with van der Waals surface area (Å²) >= 11 is 0. The van der Waals surface area contributed by atoms with Crippen molar-refractivity contribution in [2.75, 3.05) is 27.2 Å². The molecular weight excluding hydrogens is 254 g/mol. The highest BCUT2D eigenvalue weighted by Crippen LogP contribution is 2.07. The second kappa shape index (κ2) is 9.59. The van der Waals surface area contributed by atoms with Crippen LogP contribution < -0.4 is 5.32 Å². The van der Waals surface area contributed by atoms with Crippen LogP contribution in [0.4, 0.5) is 0 Å². The Hall–Kier alpha value is -2.32. The number of hydrogen-bond acceptors (Lipinski definition) is 4. The largest absolute Gasteiger partial charge is 0.395 e. The fraction of sp³-hybridized carbons (Fsp3) is 0.333. The average Bonchev–Trinajstić information content (AvgIpc) is 2.44. The second-order valence-electron chi connectivity index (χ2n) is 4.16. The molecule has 0 unspecified atom stereocenters. The fourth-order valence-corrected chi connectivity index (χ4v) is 1.15. The Morgan fingerprint density at radius 3 is 2.55 bits per heavy atom. The Morgan fingerprint density at radius 2 is 2.10 bits per heavy atom. The molecule has 0 heterocycles. The van der Waals surface area contributed by atoms with Gasteiger partial charge in [-0.05, 0) is 24.6 Å². The van der Waals surface area contributed by atoms with Gasteiger partial charge in [-0.2, -0.15) is 5.26 Å². The Bertz CT molecular complexity index is 480. The van der Waals surface area contributed by atoms with Gasteiger partial charge in [0.05, 0.1) is 6.61 Å². The minimum atomic E-state index is -0.499. The molecule has 20 heavy (non-hydrogen) atoms. The number of aliphatic hydroxyl groups is 1. The van der Waals surface area contributed by atoms with Crippen molar-refractivity contribution in [3.05, 3.63) is 47.7 Å². The zero-order valence-electron chi connectivity index (χ0n) is 12.2. The standard InChI is InChI=1S/C15H21N3O2/c1-5-13(7-6-12(2)18(3)4)10-14(11-16)15(20)17-8-9-19/h5-7,10,19H,2,8-9H2,1,3-4H3,(H,17,20)/b7-6-,13-5+,14-10+. The topological polar surface area (TPSA) is 76.4 Å². The van der Waals surface area contributed by atoms with Crippen LogP contribution in [0.1, 0.15) is 6.92 Å². The smallest absolute Gasteiger partial charge is 0.262 e. The summed E-state index contributed by atoms with van der Waals surface area (Å²) < 4.78 is 0. The number of likely N-dealkylation sites (N-methyl/N-ethyl adjacent to an activating group) is 1. The van der Waals surface area contributed by atoms with Gasteiger partial charge in [-0.3, -0.25) is 4.79 Å². The van der Waals surface area contributed by atoms with Gasteiger partial charge < -0.3 is 15.3 Å². The van der Waals surface area contributed by atoms with E-state index in [4.69, 9.17) is 10.4 Å². The molecule has 2 N–H and O–H groups in total. The molecular formula is C15H21N3O2. The van der Waals surface area contributed by atoms with E-state index in [9.17, 15) is 4.79 Å². The van der Waals surface area contributed by atoms with Crippen molar-refractivity contribution in [1.82, 2.24) is 10.2 Å². The number of amides is 1. The molecule has 108 valence electrons. The first kappa shape index (κ1) is 17.7. The van der Waals surface area contributed by atoms with E-state index < -0.39 is 5.91 Å². The van der Waals surface area contributed by atoms with Gasteiger partial charge in [-0.25, -0.2) is 0 Å². The molecule has 5 heteroatoms. The second-order valence-corrected chi connectivity index (χ2v) is 4.16. The zero-order chi connectivity index (χ0) is 15.5. The summed E-state index contributed by atoms with van der Waals surface area (Å²) in [5, 5.41) is 20.1. The van der Waals surface area contributed by atoms with Crippen LogP contribution in [0.25, 0.3) is 0 Å². The van der Waals surface area contributed by atoms with Crippen LogP contribution in [-0.4, -0.2) is 43.2 Å². The number of allylic oxidation sites excluding steroid dienone is 5. The van der Waals surface area contributed by atoms with Crippen LogP contribution in [0.15, 0.2) is 47.7 Å². The van der Waals surface area contributed by atoms with E-state index in [0.717, 1.165) is 11.3 Å². The van der Waals surface area contributed by atoms with Crippen molar-refractivity contribution < 1.29 is 9.90 Å². The Morgan fingerprint density at radius 1 is 1.45 bits per heavy atom. The van der Waals surface area contributed by atoms with Crippen molar-refractivity contribution in [3.63, 3.8) is 0 Å².